The van der Waals surface area contributed by atoms with Crippen LogP contribution >= 0.6 is 46.5 Å². The van der Waals surface area contributed by atoms with Crippen molar-refractivity contribution in [3.05, 3.63) is 51.7 Å². The standard InChI is InChI=1S/C26H27ClN4O8S3/c1-12(2)9-38-25(37)15-6-4-14(5-7-15)20(39-17(32)8-27)21(33)28-18-22(34)31-19(24(35)36)16(10-40-23(18)31)11-41-26-30-29-13(3)42-26/h4-7,12,18,20,23H,8-11H2,1-3H3,(H,28,33)(H,35,36)/t18?,20?,23-/m1/s1. The highest BCUT2D eigenvalue weighted by Gasteiger charge is 2.54. The number of carboxylic acid groups (broad SMARTS) is 1. The summed E-state index contributed by atoms with van der Waals surface area (Å²) in [6, 6.07) is 4.71. The molecule has 3 atom stereocenters. The van der Waals surface area contributed by atoms with Crippen molar-refractivity contribution in [2.45, 2.75) is 42.6 Å². The molecule has 16 heteroatoms. The van der Waals surface area contributed by atoms with E-state index in [0.717, 1.165) is 5.01 Å². The monoisotopic (exact) mass is 654 g/mol. The van der Waals surface area contributed by atoms with Gasteiger partial charge in [0.25, 0.3) is 11.8 Å². The first-order valence-corrected chi connectivity index (χ1v) is 16.0. The van der Waals surface area contributed by atoms with Gasteiger partial charge in [0.15, 0.2) is 4.34 Å². The number of carbonyl (C=O) groups is 5. The third-order valence-electron chi connectivity index (χ3n) is 6.02. The van der Waals surface area contributed by atoms with Crippen molar-refractivity contribution < 1.29 is 38.6 Å². The number of fused-ring (bicyclic) bond motifs is 1. The fraction of sp³-hybridized carbons (Fsp3) is 0.423. The minimum absolute atomic E-state index is 0.118. The number of nitrogens with zero attached hydrogens (tertiary/aromatic N) is 3. The smallest absolute Gasteiger partial charge is 0.352 e. The van der Waals surface area contributed by atoms with E-state index in [-0.39, 0.29) is 29.3 Å². The maximum Gasteiger partial charge on any atom is 0.352 e. The fourth-order valence-corrected chi connectivity index (χ4v) is 7.43. The molecule has 2 unspecified atom stereocenters. The van der Waals surface area contributed by atoms with E-state index in [9.17, 15) is 29.1 Å². The number of rotatable bonds is 12. The third kappa shape index (κ3) is 7.25. The summed E-state index contributed by atoms with van der Waals surface area (Å²) >= 11 is 9.64. The number of carboxylic acids is 1. The Kier molecular flexibility index (Phi) is 10.5. The number of amides is 2. The number of hydrogen-bond donors (Lipinski definition) is 2. The number of aromatic nitrogens is 2. The summed E-state index contributed by atoms with van der Waals surface area (Å²) in [5, 5.41) is 20.6. The third-order valence-corrected chi connectivity index (χ3v) is 9.63. The molecular formula is C26H27ClN4O8S3. The molecule has 0 saturated carbocycles. The number of aliphatic carboxylic acids is 1. The Morgan fingerprint density at radius 2 is 1.93 bits per heavy atom. The number of aryl methyl sites for hydroxylation is 1. The van der Waals surface area contributed by atoms with Gasteiger partial charge in [-0.2, -0.15) is 0 Å². The second kappa shape index (κ2) is 13.9. The van der Waals surface area contributed by atoms with Crippen LogP contribution in [0.15, 0.2) is 39.9 Å². The topological polar surface area (TPSA) is 165 Å². The van der Waals surface area contributed by atoms with Gasteiger partial charge in [-0.1, -0.05) is 49.1 Å². The lowest BCUT2D eigenvalue weighted by Crippen LogP contribution is -2.71. The zero-order valence-corrected chi connectivity index (χ0v) is 25.9. The van der Waals surface area contributed by atoms with Gasteiger partial charge in [0.1, 0.15) is 28.0 Å². The van der Waals surface area contributed by atoms with Crippen LogP contribution < -0.4 is 5.32 Å². The van der Waals surface area contributed by atoms with Crippen LogP contribution in [0.4, 0.5) is 0 Å². The first-order valence-electron chi connectivity index (χ1n) is 12.7. The van der Waals surface area contributed by atoms with E-state index in [2.05, 4.69) is 15.5 Å². The number of esters is 2. The van der Waals surface area contributed by atoms with Crippen molar-refractivity contribution in [2.75, 3.05) is 24.0 Å². The minimum atomic E-state index is -1.47. The normalized spacial score (nSPS) is 18.7. The maximum absolute atomic E-state index is 13.3. The van der Waals surface area contributed by atoms with E-state index in [1.807, 2.05) is 20.8 Å². The zero-order chi connectivity index (χ0) is 30.6. The summed E-state index contributed by atoms with van der Waals surface area (Å²) in [6.45, 7) is 5.87. The largest absolute Gasteiger partial charge is 0.477 e. The van der Waals surface area contributed by atoms with Gasteiger partial charge in [-0.05, 0) is 30.5 Å². The van der Waals surface area contributed by atoms with Crippen LogP contribution in [0.25, 0.3) is 0 Å². The number of benzene rings is 1. The van der Waals surface area contributed by atoms with Gasteiger partial charge in [-0.25, -0.2) is 9.59 Å². The lowest BCUT2D eigenvalue weighted by atomic mass is 10.0. The summed E-state index contributed by atoms with van der Waals surface area (Å²) in [6.07, 6.45) is -1.47. The lowest BCUT2D eigenvalue weighted by Gasteiger charge is -2.49. The molecule has 2 amide bonds. The molecule has 3 heterocycles. The summed E-state index contributed by atoms with van der Waals surface area (Å²) in [4.78, 5) is 64.1. The molecule has 2 aliphatic rings. The van der Waals surface area contributed by atoms with Crippen molar-refractivity contribution >= 4 is 76.2 Å². The van der Waals surface area contributed by atoms with Crippen molar-refractivity contribution in [3.63, 3.8) is 0 Å². The lowest BCUT2D eigenvalue weighted by molar-refractivity contribution is -0.157. The van der Waals surface area contributed by atoms with Crippen molar-refractivity contribution in [1.29, 1.82) is 0 Å². The first-order chi connectivity index (χ1) is 20.0. The molecule has 2 aromatic rings. The molecule has 0 aliphatic carbocycles. The molecule has 2 aliphatic heterocycles. The van der Waals surface area contributed by atoms with Crippen LogP contribution in [0.2, 0.25) is 0 Å². The molecule has 1 aromatic heterocycles. The van der Waals surface area contributed by atoms with Crippen LogP contribution in [0.3, 0.4) is 0 Å². The Hall–Kier alpha value is -3.14. The number of nitrogens with one attached hydrogen (secondary N) is 1. The molecular weight excluding hydrogens is 628 g/mol. The Morgan fingerprint density at radius 1 is 1.21 bits per heavy atom. The highest BCUT2D eigenvalue weighted by Crippen LogP contribution is 2.42. The van der Waals surface area contributed by atoms with Crippen molar-refractivity contribution in [3.8, 4) is 0 Å². The van der Waals surface area contributed by atoms with E-state index in [4.69, 9.17) is 21.1 Å². The quantitative estimate of drug-likeness (QED) is 0.149. The fourth-order valence-electron chi connectivity index (χ4n) is 4.06. The molecule has 42 heavy (non-hydrogen) atoms. The Morgan fingerprint density at radius 3 is 2.52 bits per heavy atom. The van der Waals surface area contributed by atoms with Crippen LogP contribution in [-0.2, 0) is 28.7 Å². The predicted octanol–water partition coefficient (Wildman–Crippen LogP) is 3.01. The van der Waals surface area contributed by atoms with Gasteiger partial charge < -0.3 is 19.9 Å². The molecule has 0 spiro atoms. The number of carbonyl (C=O) groups excluding carboxylic acids is 4. The molecule has 0 radical (unpaired) electrons. The molecule has 4 rings (SSSR count). The molecule has 1 fully saturated rings. The zero-order valence-electron chi connectivity index (χ0n) is 22.7. The van der Waals surface area contributed by atoms with Gasteiger partial charge in [0, 0.05) is 17.1 Å². The Balaban J connectivity index is 1.47. The SMILES string of the molecule is Cc1nnc(SCC2=C(C(=O)O)N3C(=O)C(NC(=O)C(OC(=O)CCl)c4ccc(C(=O)OCC(C)C)cc4)[C@H]3SC2)s1. The molecule has 1 saturated heterocycles. The second-order valence-electron chi connectivity index (χ2n) is 9.65. The number of hydrogen-bond acceptors (Lipinski definition) is 12. The van der Waals surface area contributed by atoms with Crippen LogP contribution in [0.5, 0.6) is 0 Å². The molecule has 12 nitrogen and oxygen atoms in total. The van der Waals surface area contributed by atoms with E-state index in [0.29, 0.717) is 21.4 Å². The number of ether oxygens (including phenoxy) is 2. The van der Waals surface area contributed by atoms with E-state index >= 15 is 0 Å². The summed E-state index contributed by atoms with van der Waals surface area (Å²) in [5.41, 5.74) is 0.922. The maximum atomic E-state index is 13.3. The number of halogens is 1. The van der Waals surface area contributed by atoms with Gasteiger partial charge in [-0.3, -0.25) is 19.3 Å². The average molecular weight is 655 g/mol. The molecule has 2 N–H and O–H groups in total. The predicted molar refractivity (Wildman–Crippen MR) is 156 cm³/mol. The van der Waals surface area contributed by atoms with Crippen molar-refractivity contribution in [1.82, 2.24) is 20.4 Å². The van der Waals surface area contributed by atoms with Gasteiger partial charge in [0.2, 0.25) is 6.10 Å². The number of thioether (sulfide) groups is 2. The highest BCUT2D eigenvalue weighted by atomic mass is 35.5. The van der Waals surface area contributed by atoms with E-state index in [1.54, 1.807) is 0 Å². The molecule has 1 aromatic carbocycles. The van der Waals surface area contributed by atoms with Crippen LogP contribution in [-0.4, -0.2) is 85.3 Å². The first kappa shape index (κ1) is 31.8. The van der Waals surface area contributed by atoms with Gasteiger partial charge in [0.05, 0.1) is 12.2 Å². The molecule has 0 bridgehead atoms. The van der Waals surface area contributed by atoms with Gasteiger partial charge in [-0.15, -0.1) is 33.6 Å². The highest BCUT2D eigenvalue weighted by molar-refractivity contribution is 8.01. The van der Waals surface area contributed by atoms with Crippen LogP contribution in [0.1, 0.15) is 40.9 Å². The number of alkyl halides is 1. The van der Waals surface area contributed by atoms with Crippen molar-refractivity contribution in [2.24, 2.45) is 5.92 Å². The average Bonchev–Trinajstić information content (AvgIpc) is 3.40. The van der Waals surface area contributed by atoms with Gasteiger partial charge >= 0.3 is 17.9 Å². The second-order valence-corrected chi connectivity index (χ2v) is 13.4. The number of β-lactam (4-membered cyclic amide) rings is 1. The van der Waals surface area contributed by atoms with E-state index in [1.165, 1.54) is 64.0 Å². The minimum Gasteiger partial charge on any atom is -0.477 e. The summed E-state index contributed by atoms with van der Waals surface area (Å²) < 4.78 is 11.2. The Labute approximate surface area is 258 Å². The summed E-state index contributed by atoms with van der Waals surface area (Å²) in [5.74, 6) is -3.77. The van der Waals surface area contributed by atoms with Crippen LogP contribution in [0, 0.1) is 12.8 Å². The summed E-state index contributed by atoms with van der Waals surface area (Å²) in [7, 11) is 0. The Bertz CT molecular complexity index is 1410. The van der Waals surface area contributed by atoms with E-state index < -0.39 is 53.1 Å². The molecule has 224 valence electrons.